The Bertz CT molecular complexity index is 384. The molecule has 0 amide bonds. The maximum absolute atomic E-state index is 10.4. The predicted octanol–water partition coefficient (Wildman–Crippen LogP) is 4.25. The Kier molecular flexibility index (Phi) is 4.11. The molecular weight excluding hydrogens is 220 g/mol. The number of rotatable bonds is 5. The molecule has 2 aliphatic carbocycles. The van der Waals surface area contributed by atoms with Crippen LogP contribution in [0, 0.1) is 17.8 Å². The van der Waals surface area contributed by atoms with Gasteiger partial charge in [0, 0.05) is 0 Å². The van der Waals surface area contributed by atoms with Crippen molar-refractivity contribution in [2.24, 2.45) is 17.8 Å². The minimum absolute atomic E-state index is 0.192. The van der Waals surface area contributed by atoms with Crippen molar-refractivity contribution in [3.05, 3.63) is 35.5 Å². The molecule has 2 aliphatic rings. The second-order valence-electron chi connectivity index (χ2n) is 6.42. The molecule has 0 aromatic rings. The van der Waals surface area contributed by atoms with Crippen molar-refractivity contribution in [2.75, 3.05) is 0 Å². The summed E-state index contributed by atoms with van der Waals surface area (Å²) in [6.07, 6.45) is 8.60. The SMILES string of the molecule is C=C(CC(C)=C(C)C)CC(O)[C@H]1C[C@H]2C=C[C@@H]1C2. The van der Waals surface area contributed by atoms with Crippen LogP contribution in [0.15, 0.2) is 35.5 Å². The Morgan fingerprint density at radius 3 is 2.50 bits per heavy atom. The van der Waals surface area contributed by atoms with Crippen LogP contribution in [-0.2, 0) is 0 Å². The molecule has 0 aromatic heterocycles. The highest BCUT2D eigenvalue weighted by atomic mass is 16.3. The maximum Gasteiger partial charge on any atom is 0.0611 e. The number of aliphatic hydroxyl groups excluding tert-OH is 1. The quantitative estimate of drug-likeness (QED) is 0.719. The molecule has 0 heterocycles. The van der Waals surface area contributed by atoms with Crippen LogP contribution < -0.4 is 0 Å². The molecule has 0 aromatic carbocycles. The third-order valence-corrected chi connectivity index (χ3v) is 4.69. The van der Waals surface area contributed by atoms with Gasteiger partial charge in [0.25, 0.3) is 0 Å². The number of hydrogen-bond donors (Lipinski definition) is 1. The molecule has 0 radical (unpaired) electrons. The van der Waals surface area contributed by atoms with Crippen LogP contribution in [0.5, 0.6) is 0 Å². The summed E-state index contributed by atoms with van der Waals surface area (Å²) in [6.45, 7) is 10.6. The molecular formula is C17H26O. The summed E-state index contributed by atoms with van der Waals surface area (Å²) in [5.41, 5.74) is 3.93. The van der Waals surface area contributed by atoms with Gasteiger partial charge in [0.1, 0.15) is 0 Å². The standard InChI is InChI=1S/C17H26O/c1-11(2)13(4)7-12(3)8-17(18)16-10-14-5-6-15(16)9-14/h5-6,14-18H,3,7-10H2,1-2,4H3/t14-,15+,16-,17?/m0/s1. The molecule has 0 spiro atoms. The van der Waals surface area contributed by atoms with Crippen molar-refractivity contribution in [3.63, 3.8) is 0 Å². The Morgan fingerprint density at radius 2 is 2.00 bits per heavy atom. The Hall–Kier alpha value is -0.820. The van der Waals surface area contributed by atoms with Crippen LogP contribution in [0.3, 0.4) is 0 Å². The normalized spacial score (nSPS) is 30.6. The lowest BCUT2D eigenvalue weighted by atomic mass is 9.85. The van der Waals surface area contributed by atoms with E-state index in [1.54, 1.807) is 0 Å². The molecule has 100 valence electrons. The highest BCUT2D eigenvalue weighted by Gasteiger charge is 2.39. The number of hydrogen-bond acceptors (Lipinski definition) is 1. The van der Waals surface area contributed by atoms with Crippen molar-refractivity contribution >= 4 is 0 Å². The summed E-state index contributed by atoms with van der Waals surface area (Å²) < 4.78 is 0. The predicted molar refractivity (Wildman–Crippen MR) is 77.3 cm³/mol. The molecule has 18 heavy (non-hydrogen) atoms. The summed E-state index contributed by atoms with van der Waals surface area (Å²) in [5.74, 6) is 1.84. The Morgan fingerprint density at radius 1 is 1.28 bits per heavy atom. The van der Waals surface area contributed by atoms with Crippen molar-refractivity contribution in [3.8, 4) is 0 Å². The van der Waals surface area contributed by atoms with Gasteiger partial charge in [-0.2, -0.15) is 0 Å². The van der Waals surface area contributed by atoms with Gasteiger partial charge in [-0.3, -0.25) is 0 Å². The van der Waals surface area contributed by atoms with E-state index in [-0.39, 0.29) is 6.10 Å². The first-order valence-electron chi connectivity index (χ1n) is 7.13. The highest BCUT2D eigenvalue weighted by molar-refractivity contribution is 5.17. The van der Waals surface area contributed by atoms with E-state index in [1.165, 1.54) is 29.6 Å². The van der Waals surface area contributed by atoms with Gasteiger partial charge in [0.15, 0.2) is 0 Å². The zero-order valence-corrected chi connectivity index (χ0v) is 11.9. The minimum Gasteiger partial charge on any atom is -0.392 e. The van der Waals surface area contributed by atoms with E-state index in [0.29, 0.717) is 11.8 Å². The third kappa shape index (κ3) is 2.95. The lowest BCUT2D eigenvalue weighted by molar-refractivity contribution is 0.0932. The minimum atomic E-state index is -0.192. The van der Waals surface area contributed by atoms with Gasteiger partial charge in [-0.15, -0.1) is 0 Å². The summed E-state index contributed by atoms with van der Waals surface area (Å²) in [7, 11) is 0. The van der Waals surface area contributed by atoms with E-state index in [2.05, 4.69) is 39.5 Å². The fourth-order valence-electron chi connectivity index (χ4n) is 3.34. The molecule has 4 atom stereocenters. The van der Waals surface area contributed by atoms with Crippen molar-refractivity contribution in [1.82, 2.24) is 0 Å². The Balaban J connectivity index is 1.85. The fraction of sp³-hybridized carbons (Fsp3) is 0.647. The van der Waals surface area contributed by atoms with Gasteiger partial charge in [0.2, 0.25) is 0 Å². The molecule has 1 heteroatoms. The van der Waals surface area contributed by atoms with E-state index in [4.69, 9.17) is 0 Å². The van der Waals surface area contributed by atoms with E-state index in [1.807, 2.05) is 0 Å². The van der Waals surface area contributed by atoms with E-state index in [9.17, 15) is 5.11 Å². The molecule has 0 aliphatic heterocycles. The smallest absolute Gasteiger partial charge is 0.0611 e. The topological polar surface area (TPSA) is 20.2 Å². The van der Waals surface area contributed by atoms with Gasteiger partial charge < -0.3 is 5.11 Å². The van der Waals surface area contributed by atoms with Crippen LogP contribution in [0.25, 0.3) is 0 Å². The summed E-state index contributed by atoms with van der Waals surface area (Å²) in [4.78, 5) is 0. The van der Waals surface area contributed by atoms with Gasteiger partial charge in [-0.25, -0.2) is 0 Å². The largest absolute Gasteiger partial charge is 0.392 e. The third-order valence-electron chi connectivity index (χ3n) is 4.69. The molecule has 0 saturated heterocycles. The highest BCUT2D eigenvalue weighted by Crippen LogP contribution is 2.45. The summed E-state index contributed by atoms with van der Waals surface area (Å²) >= 11 is 0. The number of fused-ring (bicyclic) bond motifs is 2. The van der Waals surface area contributed by atoms with Gasteiger partial charge in [0.05, 0.1) is 6.10 Å². The molecule has 1 nitrogen and oxygen atoms in total. The molecule has 1 N–H and O–H groups in total. The number of aliphatic hydroxyl groups is 1. The first kappa shape index (κ1) is 13.6. The van der Waals surface area contributed by atoms with Gasteiger partial charge in [-0.1, -0.05) is 35.5 Å². The second-order valence-corrected chi connectivity index (χ2v) is 6.42. The first-order valence-corrected chi connectivity index (χ1v) is 7.13. The maximum atomic E-state index is 10.4. The van der Waals surface area contributed by atoms with Crippen LogP contribution in [0.2, 0.25) is 0 Å². The van der Waals surface area contributed by atoms with Crippen molar-refractivity contribution < 1.29 is 5.11 Å². The Labute approximate surface area is 111 Å². The van der Waals surface area contributed by atoms with Crippen LogP contribution >= 0.6 is 0 Å². The summed E-state index contributed by atoms with van der Waals surface area (Å²) in [6, 6.07) is 0. The van der Waals surface area contributed by atoms with Crippen molar-refractivity contribution in [2.45, 2.75) is 52.6 Å². The van der Waals surface area contributed by atoms with Gasteiger partial charge >= 0.3 is 0 Å². The van der Waals surface area contributed by atoms with E-state index >= 15 is 0 Å². The average molecular weight is 246 g/mol. The first-order chi connectivity index (χ1) is 8.47. The van der Waals surface area contributed by atoms with E-state index < -0.39 is 0 Å². The van der Waals surface area contributed by atoms with Crippen LogP contribution in [-0.4, -0.2) is 11.2 Å². The molecule has 2 bridgehead atoms. The molecule has 1 unspecified atom stereocenters. The van der Waals surface area contributed by atoms with Crippen LogP contribution in [0.4, 0.5) is 0 Å². The molecule has 1 saturated carbocycles. The fourth-order valence-corrected chi connectivity index (χ4v) is 3.34. The molecule has 1 fully saturated rings. The zero-order chi connectivity index (χ0) is 13.3. The zero-order valence-electron chi connectivity index (χ0n) is 11.9. The lowest BCUT2D eigenvalue weighted by Gasteiger charge is -2.25. The number of allylic oxidation sites excluding steroid dienone is 4. The summed E-state index contributed by atoms with van der Waals surface area (Å²) in [5, 5.41) is 10.4. The second kappa shape index (κ2) is 5.44. The van der Waals surface area contributed by atoms with E-state index in [0.717, 1.165) is 18.8 Å². The monoisotopic (exact) mass is 246 g/mol. The van der Waals surface area contributed by atoms with Crippen molar-refractivity contribution in [1.29, 1.82) is 0 Å². The average Bonchev–Trinajstić information content (AvgIpc) is 2.89. The van der Waals surface area contributed by atoms with Gasteiger partial charge in [-0.05, 0) is 64.2 Å². The molecule has 2 rings (SSSR count). The van der Waals surface area contributed by atoms with Crippen LogP contribution in [0.1, 0.15) is 46.5 Å². The lowest BCUT2D eigenvalue weighted by Crippen LogP contribution is -2.24.